The van der Waals surface area contributed by atoms with Crippen molar-refractivity contribution >= 4 is 17.0 Å². The van der Waals surface area contributed by atoms with Gasteiger partial charge in [-0.2, -0.15) is 5.10 Å². The van der Waals surface area contributed by atoms with E-state index in [2.05, 4.69) is 48.1 Å². The highest BCUT2D eigenvalue weighted by Gasteiger charge is 2.27. The van der Waals surface area contributed by atoms with Crippen molar-refractivity contribution in [2.24, 2.45) is 0 Å². The normalized spacial score (nSPS) is 14.5. The number of hydrogen-bond donors (Lipinski definition) is 1. The molecule has 0 unspecified atom stereocenters. The van der Waals surface area contributed by atoms with Crippen LogP contribution >= 0.6 is 0 Å². The molecule has 0 spiro atoms. The third-order valence-electron chi connectivity index (χ3n) is 7.54. The molecule has 1 aliphatic rings. The third kappa shape index (κ3) is 3.86. The maximum absolute atomic E-state index is 6.33. The van der Waals surface area contributed by atoms with Crippen molar-refractivity contribution in [2.75, 3.05) is 5.73 Å². The highest BCUT2D eigenvalue weighted by Crippen LogP contribution is 2.37. The van der Waals surface area contributed by atoms with Crippen LogP contribution in [0.2, 0.25) is 0 Å². The van der Waals surface area contributed by atoms with Crippen LogP contribution in [0, 0.1) is 0 Å². The first-order valence-corrected chi connectivity index (χ1v) is 13.3. The predicted molar refractivity (Wildman–Crippen MR) is 153 cm³/mol. The van der Waals surface area contributed by atoms with E-state index in [0.717, 1.165) is 40.9 Å². The minimum absolute atomic E-state index is 0.111. The van der Waals surface area contributed by atoms with Crippen LogP contribution in [0.4, 0.5) is 5.82 Å². The van der Waals surface area contributed by atoms with Crippen molar-refractivity contribution in [1.82, 2.24) is 49.3 Å². The Morgan fingerprint density at radius 2 is 1.83 bits per heavy atom. The second-order valence-electron chi connectivity index (χ2n) is 9.93. The zero-order valence-corrected chi connectivity index (χ0v) is 21.8. The van der Waals surface area contributed by atoms with Crippen LogP contribution < -0.4 is 5.73 Å². The third-order valence-corrected chi connectivity index (χ3v) is 7.54. The van der Waals surface area contributed by atoms with Gasteiger partial charge in [0.1, 0.15) is 17.0 Å². The minimum Gasteiger partial charge on any atom is -0.383 e. The molecule has 0 saturated carbocycles. The minimum atomic E-state index is 0.111. The Kier molecular flexibility index (Phi) is 5.20. The summed E-state index contributed by atoms with van der Waals surface area (Å²) in [6.07, 6.45) is 12.7. The molecule has 6 heterocycles. The molecule has 0 aliphatic heterocycles. The Bertz CT molecular complexity index is 2020. The van der Waals surface area contributed by atoms with Gasteiger partial charge in [0.05, 0.1) is 17.8 Å². The maximum Gasteiger partial charge on any atom is 0.167 e. The van der Waals surface area contributed by atoms with Gasteiger partial charge in [0.2, 0.25) is 0 Å². The summed E-state index contributed by atoms with van der Waals surface area (Å²) in [5.74, 6) is 1.80. The Hall–Kier alpha value is -5.71. The molecule has 198 valence electrons. The highest BCUT2D eigenvalue weighted by molar-refractivity contribution is 5.83. The van der Waals surface area contributed by atoms with Crippen LogP contribution in [0.25, 0.3) is 45.3 Å². The lowest BCUT2D eigenvalue weighted by molar-refractivity contribution is 0.504. The lowest BCUT2D eigenvalue weighted by Crippen LogP contribution is -2.08. The second kappa shape index (κ2) is 9.19. The molecule has 1 atom stereocenters. The SMILES string of the molecule is Nc1ncccc1-c1nc2ccc(-n3cccn3)nc2n1-c1ccc2c(c1)CC[C@@H]2n1cc(-c2ccncc2)nn1. The van der Waals surface area contributed by atoms with E-state index in [4.69, 9.17) is 15.7 Å². The first-order chi connectivity index (χ1) is 20.2. The summed E-state index contributed by atoms with van der Waals surface area (Å²) in [6, 6.07) is 20.0. The van der Waals surface area contributed by atoms with E-state index in [1.54, 1.807) is 29.5 Å². The fraction of sp³-hybridized carbons (Fsp3) is 0.100. The lowest BCUT2D eigenvalue weighted by atomic mass is 10.1. The van der Waals surface area contributed by atoms with Gasteiger partial charge in [-0.15, -0.1) is 5.10 Å². The number of pyridine rings is 3. The molecule has 6 aromatic heterocycles. The van der Waals surface area contributed by atoms with E-state index in [0.29, 0.717) is 23.1 Å². The maximum atomic E-state index is 6.33. The van der Waals surface area contributed by atoms with Crippen molar-refractivity contribution in [2.45, 2.75) is 18.9 Å². The number of nitrogen functional groups attached to an aromatic ring is 1. The molecule has 0 saturated heterocycles. The molecule has 0 fully saturated rings. The number of aromatic nitrogens is 10. The first kappa shape index (κ1) is 23.2. The summed E-state index contributed by atoms with van der Waals surface area (Å²) in [6.45, 7) is 0. The van der Waals surface area contributed by atoms with Gasteiger partial charge in [-0.05, 0) is 78.6 Å². The summed E-state index contributed by atoms with van der Waals surface area (Å²) in [5, 5.41) is 13.3. The lowest BCUT2D eigenvalue weighted by Gasteiger charge is -2.14. The molecule has 8 rings (SSSR count). The number of aryl methyl sites for hydroxylation is 1. The van der Waals surface area contributed by atoms with Gasteiger partial charge in [-0.1, -0.05) is 11.3 Å². The fourth-order valence-corrected chi connectivity index (χ4v) is 5.59. The van der Waals surface area contributed by atoms with Crippen LogP contribution in [-0.4, -0.2) is 49.3 Å². The number of nitrogens with zero attached hydrogens (tertiary/aromatic N) is 10. The van der Waals surface area contributed by atoms with Crippen LogP contribution in [0.1, 0.15) is 23.6 Å². The largest absolute Gasteiger partial charge is 0.383 e. The van der Waals surface area contributed by atoms with Crippen LogP contribution in [0.5, 0.6) is 0 Å². The van der Waals surface area contributed by atoms with Gasteiger partial charge in [0, 0.05) is 42.2 Å². The van der Waals surface area contributed by atoms with Crippen molar-refractivity contribution in [3.8, 4) is 34.2 Å². The molecule has 0 radical (unpaired) electrons. The number of anilines is 1. The van der Waals surface area contributed by atoms with Crippen LogP contribution in [0.15, 0.2) is 97.8 Å². The van der Waals surface area contributed by atoms with Crippen molar-refractivity contribution in [3.05, 3.63) is 109 Å². The van der Waals surface area contributed by atoms with Crippen molar-refractivity contribution in [1.29, 1.82) is 0 Å². The Morgan fingerprint density at radius 3 is 2.68 bits per heavy atom. The topological polar surface area (TPSA) is 131 Å². The van der Waals surface area contributed by atoms with Crippen molar-refractivity contribution < 1.29 is 0 Å². The molecule has 0 amide bonds. The van der Waals surface area contributed by atoms with Gasteiger partial charge in [0.15, 0.2) is 17.3 Å². The van der Waals surface area contributed by atoms with Gasteiger partial charge in [-0.25, -0.2) is 24.3 Å². The average Bonchev–Trinajstić information content (AvgIpc) is 3.82. The Morgan fingerprint density at radius 1 is 0.902 bits per heavy atom. The molecular weight excluding hydrogens is 514 g/mol. The number of benzene rings is 1. The molecule has 7 aromatic rings. The number of hydrogen-bond acceptors (Lipinski definition) is 8. The molecule has 1 aliphatic carbocycles. The summed E-state index contributed by atoms with van der Waals surface area (Å²) < 4.78 is 5.76. The van der Waals surface area contributed by atoms with Gasteiger partial charge in [-0.3, -0.25) is 9.55 Å². The summed E-state index contributed by atoms with van der Waals surface area (Å²) in [7, 11) is 0. The number of fused-ring (bicyclic) bond motifs is 2. The summed E-state index contributed by atoms with van der Waals surface area (Å²) in [5.41, 5.74) is 13.8. The molecule has 11 heteroatoms. The molecule has 2 N–H and O–H groups in total. The Balaban J connectivity index is 1.24. The standard InChI is InChI=1S/C30H23N11/c31-28-23(3-1-12-33-28)29-35-24-7-9-27(39-16-2-13-34-39)36-30(24)41(29)21-5-6-22-20(17-21)4-8-26(22)40-18-25(37-38-40)19-10-14-32-15-11-19/h1-3,5-7,9-18,26H,4,8H2,(H2,31,33)/t26-/m0/s1. The van der Waals surface area contributed by atoms with E-state index < -0.39 is 0 Å². The highest BCUT2D eigenvalue weighted by atomic mass is 15.4. The number of rotatable bonds is 5. The summed E-state index contributed by atoms with van der Waals surface area (Å²) >= 11 is 0. The number of imidazole rings is 1. The monoisotopic (exact) mass is 537 g/mol. The van der Waals surface area contributed by atoms with Crippen LogP contribution in [0.3, 0.4) is 0 Å². The molecular formula is C30H23N11. The molecule has 0 bridgehead atoms. The molecule has 41 heavy (non-hydrogen) atoms. The van der Waals surface area contributed by atoms with E-state index >= 15 is 0 Å². The molecule has 11 nitrogen and oxygen atoms in total. The van der Waals surface area contributed by atoms with Crippen molar-refractivity contribution in [3.63, 3.8) is 0 Å². The van der Waals surface area contributed by atoms with Gasteiger partial charge in [0.25, 0.3) is 0 Å². The second-order valence-corrected chi connectivity index (χ2v) is 9.93. The zero-order chi connectivity index (χ0) is 27.3. The quantitative estimate of drug-likeness (QED) is 0.341. The summed E-state index contributed by atoms with van der Waals surface area (Å²) in [4.78, 5) is 18.3. The molecule has 1 aromatic carbocycles. The predicted octanol–water partition coefficient (Wildman–Crippen LogP) is 4.44. The zero-order valence-electron chi connectivity index (χ0n) is 21.8. The average molecular weight is 538 g/mol. The van der Waals surface area contributed by atoms with E-state index in [1.807, 2.05) is 59.5 Å². The van der Waals surface area contributed by atoms with Gasteiger partial charge >= 0.3 is 0 Å². The van der Waals surface area contributed by atoms with Gasteiger partial charge < -0.3 is 5.73 Å². The van der Waals surface area contributed by atoms with E-state index in [1.165, 1.54) is 11.1 Å². The van der Waals surface area contributed by atoms with Crippen LogP contribution in [-0.2, 0) is 6.42 Å². The smallest absolute Gasteiger partial charge is 0.167 e. The fourth-order valence-electron chi connectivity index (χ4n) is 5.59. The Labute approximate surface area is 234 Å². The van der Waals surface area contributed by atoms with E-state index in [-0.39, 0.29) is 6.04 Å². The van der Waals surface area contributed by atoms with E-state index in [9.17, 15) is 0 Å². The first-order valence-electron chi connectivity index (χ1n) is 13.3. The number of nitrogens with two attached hydrogens (primary N) is 1.